The largest absolute Gasteiger partial charge is 0.489 e. The molecule has 0 fully saturated rings. The maximum absolute atomic E-state index is 12.6. The minimum atomic E-state index is -0.339. The van der Waals surface area contributed by atoms with Crippen LogP contribution >= 0.6 is 0 Å². The Bertz CT molecular complexity index is 1150. The van der Waals surface area contributed by atoms with Gasteiger partial charge in [-0.3, -0.25) is 9.59 Å². The highest BCUT2D eigenvalue weighted by atomic mass is 16.5. The third-order valence-corrected chi connectivity index (χ3v) is 4.49. The van der Waals surface area contributed by atoms with E-state index in [9.17, 15) is 9.59 Å². The maximum atomic E-state index is 12.6. The van der Waals surface area contributed by atoms with Crippen LogP contribution in [0.25, 0.3) is 0 Å². The minimum absolute atomic E-state index is 0.228. The lowest BCUT2D eigenvalue weighted by Crippen LogP contribution is -2.13. The number of benzene rings is 3. The highest BCUT2D eigenvalue weighted by Crippen LogP contribution is 2.19. The van der Waals surface area contributed by atoms with Gasteiger partial charge < -0.3 is 19.8 Å². The Balaban J connectivity index is 1.35. The van der Waals surface area contributed by atoms with Crippen LogP contribution in [-0.4, -0.2) is 11.8 Å². The number of hydrogen-bond donors (Lipinski definition) is 2. The molecular formula is C25H20N2O4. The maximum Gasteiger partial charge on any atom is 0.291 e. The van der Waals surface area contributed by atoms with Crippen LogP contribution in [0.5, 0.6) is 5.75 Å². The van der Waals surface area contributed by atoms with Crippen LogP contribution in [-0.2, 0) is 6.61 Å². The molecule has 0 spiro atoms. The predicted octanol–water partition coefficient (Wildman–Crippen LogP) is 5.36. The van der Waals surface area contributed by atoms with Crippen molar-refractivity contribution in [3.63, 3.8) is 0 Å². The Hall–Kier alpha value is -4.32. The summed E-state index contributed by atoms with van der Waals surface area (Å²) in [5.74, 6) is 0.255. The van der Waals surface area contributed by atoms with Gasteiger partial charge in [0.15, 0.2) is 5.76 Å². The van der Waals surface area contributed by atoms with E-state index in [4.69, 9.17) is 9.15 Å². The summed E-state index contributed by atoms with van der Waals surface area (Å²) in [7, 11) is 0. The molecule has 31 heavy (non-hydrogen) atoms. The minimum Gasteiger partial charge on any atom is -0.489 e. The number of hydrogen-bond acceptors (Lipinski definition) is 4. The van der Waals surface area contributed by atoms with Gasteiger partial charge in [-0.2, -0.15) is 0 Å². The van der Waals surface area contributed by atoms with Crippen LogP contribution in [0.1, 0.15) is 26.5 Å². The molecule has 2 N–H and O–H groups in total. The van der Waals surface area contributed by atoms with Crippen molar-refractivity contribution in [3.8, 4) is 5.75 Å². The van der Waals surface area contributed by atoms with Crippen molar-refractivity contribution in [2.24, 2.45) is 0 Å². The first-order chi connectivity index (χ1) is 15.2. The van der Waals surface area contributed by atoms with Crippen molar-refractivity contribution in [1.82, 2.24) is 0 Å². The standard InChI is InChI=1S/C25H20N2O4/c28-24(19-8-4-9-22(16-19)31-17-18-6-2-1-3-7-18)26-20-11-13-21(14-12-20)27-25(29)23-10-5-15-30-23/h1-16H,17H2,(H,26,28)(H,27,29). The third kappa shape index (κ3) is 5.39. The Morgan fingerprint density at radius 3 is 2.13 bits per heavy atom. The van der Waals surface area contributed by atoms with Gasteiger partial charge in [0, 0.05) is 16.9 Å². The predicted molar refractivity (Wildman–Crippen MR) is 118 cm³/mol. The van der Waals surface area contributed by atoms with Crippen LogP contribution in [0.2, 0.25) is 0 Å². The van der Waals surface area contributed by atoms with E-state index in [1.165, 1.54) is 6.26 Å². The van der Waals surface area contributed by atoms with E-state index in [0.29, 0.717) is 29.3 Å². The van der Waals surface area contributed by atoms with Gasteiger partial charge >= 0.3 is 0 Å². The van der Waals surface area contributed by atoms with Crippen LogP contribution in [0.15, 0.2) is 102 Å². The highest BCUT2D eigenvalue weighted by molar-refractivity contribution is 6.05. The molecule has 0 radical (unpaired) electrons. The van der Waals surface area contributed by atoms with Gasteiger partial charge in [-0.15, -0.1) is 0 Å². The Morgan fingerprint density at radius 2 is 1.45 bits per heavy atom. The number of nitrogens with one attached hydrogen (secondary N) is 2. The zero-order valence-electron chi connectivity index (χ0n) is 16.6. The SMILES string of the molecule is O=C(Nc1ccc(NC(=O)c2ccco2)cc1)c1cccc(OCc2ccccc2)c1. The van der Waals surface area contributed by atoms with Crippen molar-refractivity contribution in [1.29, 1.82) is 0 Å². The molecule has 154 valence electrons. The fourth-order valence-corrected chi connectivity index (χ4v) is 2.91. The molecule has 6 heteroatoms. The normalized spacial score (nSPS) is 10.3. The van der Waals surface area contributed by atoms with Crippen LogP contribution in [0.4, 0.5) is 11.4 Å². The Morgan fingerprint density at radius 1 is 0.742 bits per heavy atom. The summed E-state index contributed by atoms with van der Waals surface area (Å²) in [6.07, 6.45) is 1.44. The smallest absolute Gasteiger partial charge is 0.291 e. The van der Waals surface area contributed by atoms with Crippen LogP contribution in [0, 0.1) is 0 Å². The molecule has 4 aromatic rings. The summed E-state index contributed by atoms with van der Waals surface area (Å²) in [5, 5.41) is 5.57. The quantitative estimate of drug-likeness (QED) is 0.428. The fraction of sp³-hybridized carbons (Fsp3) is 0.0400. The first kappa shape index (κ1) is 20.0. The molecule has 2 amide bonds. The van der Waals surface area contributed by atoms with Gasteiger partial charge in [0.1, 0.15) is 12.4 Å². The number of rotatable bonds is 7. The zero-order valence-corrected chi connectivity index (χ0v) is 16.6. The molecule has 1 aromatic heterocycles. The van der Waals surface area contributed by atoms with Crippen LogP contribution in [0.3, 0.4) is 0 Å². The number of carbonyl (C=O) groups is 2. The van der Waals surface area contributed by atoms with Crippen LogP contribution < -0.4 is 15.4 Å². The number of ether oxygens (including phenoxy) is 1. The van der Waals surface area contributed by atoms with Gasteiger partial charge in [0.05, 0.1) is 6.26 Å². The van der Waals surface area contributed by atoms with Gasteiger partial charge in [-0.05, 0) is 60.2 Å². The fourth-order valence-electron chi connectivity index (χ4n) is 2.91. The molecule has 0 unspecified atom stereocenters. The third-order valence-electron chi connectivity index (χ3n) is 4.49. The van der Waals surface area contributed by atoms with Crippen molar-refractivity contribution >= 4 is 23.2 Å². The summed E-state index contributed by atoms with van der Waals surface area (Å²) in [4.78, 5) is 24.6. The molecule has 0 saturated carbocycles. The second-order valence-electron chi connectivity index (χ2n) is 6.77. The van der Waals surface area contributed by atoms with Crippen molar-refractivity contribution in [2.45, 2.75) is 6.61 Å². The van der Waals surface area contributed by atoms with Gasteiger partial charge in [0.25, 0.3) is 11.8 Å². The van der Waals surface area contributed by atoms with E-state index in [2.05, 4.69) is 10.6 Å². The number of carbonyl (C=O) groups excluding carboxylic acids is 2. The van der Waals surface area contributed by atoms with Gasteiger partial charge in [0.2, 0.25) is 0 Å². The summed E-state index contributed by atoms with van der Waals surface area (Å²) < 4.78 is 10.9. The van der Waals surface area contributed by atoms with E-state index in [-0.39, 0.29) is 17.6 Å². The summed E-state index contributed by atoms with van der Waals surface area (Å²) in [5.41, 5.74) is 2.74. The molecule has 6 nitrogen and oxygen atoms in total. The van der Waals surface area contributed by atoms with Crippen molar-refractivity contribution in [3.05, 3.63) is 114 Å². The van der Waals surface area contributed by atoms with Crippen molar-refractivity contribution < 1.29 is 18.7 Å². The lowest BCUT2D eigenvalue weighted by molar-refractivity contribution is 0.0994. The lowest BCUT2D eigenvalue weighted by atomic mass is 10.2. The average Bonchev–Trinajstić information content (AvgIpc) is 3.35. The molecule has 0 aliphatic rings. The second kappa shape index (κ2) is 9.45. The molecule has 0 atom stereocenters. The molecule has 1 heterocycles. The van der Waals surface area contributed by atoms with E-state index in [1.54, 1.807) is 54.6 Å². The molecule has 0 aliphatic carbocycles. The lowest BCUT2D eigenvalue weighted by Gasteiger charge is -2.10. The molecule has 3 aromatic carbocycles. The average molecular weight is 412 g/mol. The topological polar surface area (TPSA) is 80.6 Å². The first-order valence-corrected chi connectivity index (χ1v) is 9.70. The Kier molecular flexibility index (Phi) is 6.09. The Labute approximate surface area is 179 Å². The highest BCUT2D eigenvalue weighted by Gasteiger charge is 2.10. The molecular weight excluding hydrogens is 392 g/mol. The van der Waals surface area contributed by atoms with E-state index in [1.807, 2.05) is 36.4 Å². The van der Waals surface area contributed by atoms with Gasteiger partial charge in [-0.1, -0.05) is 36.4 Å². The van der Waals surface area contributed by atoms with E-state index in [0.717, 1.165) is 5.56 Å². The summed E-state index contributed by atoms with van der Waals surface area (Å²) >= 11 is 0. The molecule has 4 rings (SSSR count). The molecule has 0 saturated heterocycles. The van der Waals surface area contributed by atoms with Crippen molar-refractivity contribution in [2.75, 3.05) is 10.6 Å². The first-order valence-electron chi connectivity index (χ1n) is 9.70. The van der Waals surface area contributed by atoms with E-state index < -0.39 is 0 Å². The number of anilines is 2. The van der Waals surface area contributed by atoms with Gasteiger partial charge in [-0.25, -0.2) is 0 Å². The summed E-state index contributed by atoms with van der Waals surface area (Å²) in [6, 6.07) is 26.9. The molecule has 0 bridgehead atoms. The number of amides is 2. The molecule has 0 aliphatic heterocycles. The number of furan rings is 1. The second-order valence-corrected chi connectivity index (χ2v) is 6.77. The zero-order chi connectivity index (χ0) is 21.5. The van der Waals surface area contributed by atoms with E-state index >= 15 is 0 Å². The monoisotopic (exact) mass is 412 g/mol. The summed E-state index contributed by atoms with van der Waals surface area (Å²) in [6.45, 7) is 0.428.